The molecule has 1 aromatic heterocycles. The number of hydrogen-bond donors (Lipinski definition) is 0. The van der Waals surface area contributed by atoms with E-state index in [0.717, 1.165) is 18.3 Å². The summed E-state index contributed by atoms with van der Waals surface area (Å²) in [7, 11) is 0. The molecule has 0 amide bonds. The Labute approximate surface area is 129 Å². The number of aromatic nitrogens is 2. The molecule has 0 bridgehead atoms. The number of imidazole rings is 1. The zero-order chi connectivity index (χ0) is 15.2. The van der Waals surface area contributed by atoms with Crippen LogP contribution in [0.2, 0.25) is 0 Å². The van der Waals surface area contributed by atoms with Crippen molar-refractivity contribution < 1.29 is 0 Å². The van der Waals surface area contributed by atoms with E-state index in [2.05, 4.69) is 68.8 Å². The van der Waals surface area contributed by atoms with Gasteiger partial charge in [0, 0.05) is 18.3 Å². The highest BCUT2D eigenvalue weighted by atomic mass is 15.1. The first-order valence-electron chi connectivity index (χ1n) is 8.20. The van der Waals surface area contributed by atoms with Gasteiger partial charge in [-0.2, -0.15) is 0 Å². The molecule has 2 aromatic rings. The smallest absolute Gasteiger partial charge is 0.140 e. The van der Waals surface area contributed by atoms with Crippen molar-refractivity contribution in [3.63, 3.8) is 0 Å². The minimum absolute atomic E-state index is 0.476. The molecule has 0 atom stereocenters. The fourth-order valence-corrected chi connectivity index (χ4v) is 2.54. The van der Waals surface area contributed by atoms with Crippen LogP contribution in [0.3, 0.4) is 0 Å². The van der Waals surface area contributed by atoms with Crippen LogP contribution < -0.4 is 0 Å². The van der Waals surface area contributed by atoms with E-state index in [1.54, 1.807) is 0 Å². The molecule has 2 rings (SSSR count). The Morgan fingerprint density at radius 3 is 2.33 bits per heavy atom. The summed E-state index contributed by atoms with van der Waals surface area (Å²) < 4.78 is 2.34. The van der Waals surface area contributed by atoms with Crippen LogP contribution in [0.15, 0.2) is 36.5 Å². The van der Waals surface area contributed by atoms with Gasteiger partial charge < -0.3 is 4.57 Å². The molecule has 0 spiro atoms. The van der Waals surface area contributed by atoms with Crippen LogP contribution >= 0.6 is 0 Å². The third-order valence-corrected chi connectivity index (χ3v) is 3.85. The molecule has 0 N–H and O–H groups in total. The van der Waals surface area contributed by atoms with Crippen LogP contribution in [0.4, 0.5) is 0 Å². The maximum Gasteiger partial charge on any atom is 0.140 e. The lowest BCUT2D eigenvalue weighted by atomic mass is 10.1. The van der Waals surface area contributed by atoms with Gasteiger partial charge in [-0.05, 0) is 18.3 Å². The monoisotopic (exact) mass is 284 g/mol. The average molecular weight is 284 g/mol. The largest absolute Gasteiger partial charge is 0.331 e. The average Bonchev–Trinajstić information content (AvgIpc) is 2.89. The second-order valence-electron chi connectivity index (χ2n) is 6.59. The maximum absolute atomic E-state index is 4.86. The second-order valence-corrected chi connectivity index (χ2v) is 6.59. The highest BCUT2D eigenvalue weighted by Crippen LogP contribution is 2.23. The van der Waals surface area contributed by atoms with Crippen molar-refractivity contribution in [2.24, 2.45) is 5.92 Å². The van der Waals surface area contributed by atoms with Gasteiger partial charge in [-0.1, -0.05) is 70.9 Å². The molecule has 114 valence electrons. The van der Waals surface area contributed by atoms with Crippen LogP contribution in [0.5, 0.6) is 0 Å². The van der Waals surface area contributed by atoms with Gasteiger partial charge in [0.05, 0.1) is 5.69 Å². The first-order chi connectivity index (χ1) is 10.1. The molecule has 0 aliphatic carbocycles. The highest BCUT2D eigenvalue weighted by Gasteiger charge is 2.12. The van der Waals surface area contributed by atoms with Crippen molar-refractivity contribution in [2.45, 2.75) is 59.4 Å². The van der Waals surface area contributed by atoms with E-state index in [1.165, 1.54) is 30.5 Å². The van der Waals surface area contributed by atoms with E-state index in [9.17, 15) is 0 Å². The lowest BCUT2D eigenvalue weighted by Gasteiger charge is -2.08. The summed E-state index contributed by atoms with van der Waals surface area (Å²) in [6.45, 7) is 10.1. The Morgan fingerprint density at radius 1 is 1.00 bits per heavy atom. The van der Waals surface area contributed by atoms with Crippen molar-refractivity contribution in [3.05, 3.63) is 42.2 Å². The van der Waals surface area contributed by atoms with Gasteiger partial charge in [0.15, 0.2) is 0 Å². The minimum Gasteiger partial charge on any atom is -0.331 e. The van der Waals surface area contributed by atoms with Gasteiger partial charge in [-0.15, -0.1) is 0 Å². The normalized spacial score (nSPS) is 11.5. The van der Waals surface area contributed by atoms with Crippen LogP contribution in [-0.4, -0.2) is 9.55 Å². The molecule has 0 saturated carbocycles. The Kier molecular flexibility index (Phi) is 5.60. The summed E-state index contributed by atoms with van der Waals surface area (Å²) in [5, 5.41) is 0. The third kappa shape index (κ3) is 4.45. The number of unbranched alkanes of at least 4 members (excludes halogenated alkanes) is 1. The van der Waals surface area contributed by atoms with Crippen molar-refractivity contribution >= 4 is 0 Å². The molecular formula is C19H28N2. The molecule has 2 nitrogen and oxygen atoms in total. The van der Waals surface area contributed by atoms with Crippen molar-refractivity contribution in [1.82, 2.24) is 9.55 Å². The van der Waals surface area contributed by atoms with E-state index in [4.69, 9.17) is 4.98 Å². The van der Waals surface area contributed by atoms with Gasteiger partial charge in [0.25, 0.3) is 0 Å². The van der Waals surface area contributed by atoms with Crippen LogP contribution in [-0.2, 0) is 6.54 Å². The topological polar surface area (TPSA) is 17.8 Å². The Balaban J connectivity index is 2.15. The van der Waals surface area contributed by atoms with E-state index in [1.807, 2.05) is 0 Å². The SMILES string of the molecule is CC(C)CCCCn1cc(C(C)C)nc1-c1ccccc1. The summed E-state index contributed by atoms with van der Waals surface area (Å²) in [4.78, 5) is 4.86. The first kappa shape index (κ1) is 15.8. The van der Waals surface area contributed by atoms with E-state index < -0.39 is 0 Å². The van der Waals surface area contributed by atoms with Gasteiger partial charge in [-0.25, -0.2) is 4.98 Å². The van der Waals surface area contributed by atoms with E-state index in [0.29, 0.717) is 5.92 Å². The summed E-state index contributed by atoms with van der Waals surface area (Å²) in [6, 6.07) is 10.5. The number of benzene rings is 1. The van der Waals surface area contributed by atoms with Gasteiger partial charge in [-0.3, -0.25) is 0 Å². The van der Waals surface area contributed by atoms with Crippen LogP contribution in [0, 0.1) is 5.92 Å². The summed E-state index contributed by atoms with van der Waals surface area (Å²) in [6.07, 6.45) is 6.07. The molecule has 0 aliphatic rings. The molecule has 1 heterocycles. The molecule has 0 unspecified atom stereocenters. The van der Waals surface area contributed by atoms with Gasteiger partial charge >= 0.3 is 0 Å². The predicted octanol–water partition coefficient (Wildman–Crippen LogP) is 5.50. The fourth-order valence-electron chi connectivity index (χ4n) is 2.54. The quantitative estimate of drug-likeness (QED) is 0.614. The predicted molar refractivity (Wildman–Crippen MR) is 90.4 cm³/mol. The van der Waals surface area contributed by atoms with E-state index >= 15 is 0 Å². The summed E-state index contributed by atoms with van der Waals surface area (Å²) in [5.74, 6) is 2.39. The van der Waals surface area contributed by atoms with E-state index in [-0.39, 0.29) is 0 Å². The third-order valence-electron chi connectivity index (χ3n) is 3.85. The zero-order valence-corrected chi connectivity index (χ0v) is 13.8. The standard InChI is InChI=1S/C19H28N2/c1-15(2)10-8-9-13-21-14-18(16(3)4)20-19(21)17-11-6-5-7-12-17/h5-7,11-12,14-16H,8-10,13H2,1-4H3. The molecule has 0 aliphatic heterocycles. The van der Waals surface area contributed by atoms with Gasteiger partial charge in [0.1, 0.15) is 5.82 Å². The Morgan fingerprint density at radius 2 is 1.71 bits per heavy atom. The Hall–Kier alpha value is -1.57. The second kappa shape index (κ2) is 7.44. The molecule has 21 heavy (non-hydrogen) atoms. The Bertz CT molecular complexity index is 538. The molecule has 1 aromatic carbocycles. The first-order valence-corrected chi connectivity index (χ1v) is 8.20. The molecule has 0 fully saturated rings. The van der Waals surface area contributed by atoms with Gasteiger partial charge in [0.2, 0.25) is 0 Å². The zero-order valence-electron chi connectivity index (χ0n) is 13.8. The lowest BCUT2D eigenvalue weighted by Crippen LogP contribution is -2.00. The van der Waals surface area contributed by atoms with Crippen molar-refractivity contribution in [3.8, 4) is 11.4 Å². The number of hydrogen-bond acceptors (Lipinski definition) is 1. The molecule has 0 saturated heterocycles. The van der Waals surface area contributed by atoms with Crippen molar-refractivity contribution in [1.29, 1.82) is 0 Å². The lowest BCUT2D eigenvalue weighted by molar-refractivity contribution is 0.510. The number of aryl methyl sites for hydroxylation is 1. The molecule has 0 radical (unpaired) electrons. The van der Waals surface area contributed by atoms with Crippen molar-refractivity contribution in [2.75, 3.05) is 0 Å². The fraction of sp³-hybridized carbons (Fsp3) is 0.526. The maximum atomic E-state index is 4.86. The highest BCUT2D eigenvalue weighted by molar-refractivity contribution is 5.55. The van der Waals surface area contributed by atoms with Crippen LogP contribution in [0.25, 0.3) is 11.4 Å². The number of nitrogens with zero attached hydrogens (tertiary/aromatic N) is 2. The molecular weight excluding hydrogens is 256 g/mol. The number of rotatable bonds is 7. The minimum atomic E-state index is 0.476. The van der Waals surface area contributed by atoms with Crippen LogP contribution in [0.1, 0.15) is 58.6 Å². The summed E-state index contributed by atoms with van der Waals surface area (Å²) >= 11 is 0. The summed E-state index contributed by atoms with van der Waals surface area (Å²) in [5.41, 5.74) is 2.41. The molecule has 2 heteroatoms.